The summed E-state index contributed by atoms with van der Waals surface area (Å²) in [5, 5.41) is 21.2. The average molecular weight is 450 g/mol. The second-order valence-electron chi connectivity index (χ2n) is 7.69. The van der Waals surface area contributed by atoms with E-state index in [0.29, 0.717) is 17.3 Å². The van der Waals surface area contributed by atoms with Crippen molar-refractivity contribution >= 4 is 33.9 Å². The fourth-order valence-electron chi connectivity index (χ4n) is 4.00. The number of hydrogen-bond donors (Lipinski definition) is 0. The molecule has 0 N–H and O–H groups in total. The lowest BCUT2D eigenvalue weighted by atomic mass is 10.1. The first-order chi connectivity index (χ1) is 15.6. The molecule has 3 heterocycles. The van der Waals surface area contributed by atoms with Crippen LogP contribution in [0.5, 0.6) is 0 Å². The van der Waals surface area contributed by atoms with Crippen LogP contribution in [0.1, 0.15) is 5.69 Å². The van der Waals surface area contributed by atoms with E-state index in [0.717, 1.165) is 42.8 Å². The Morgan fingerprint density at radius 1 is 1.06 bits per heavy atom. The lowest BCUT2D eigenvalue weighted by Gasteiger charge is -2.36. The number of nitro groups is 1. The van der Waals surface area contributed by atoms with Gasteiger partial charge in [-0.2, -0.15) is 0 Å². The lowest BCUT2D eigenvalue weighted by Crippen LogP contribution is -2.46. The molecule has 0 bridgehead atoms. The summed E-state index contributed by atoms with van der Waals surface area (Å²) in [5.74, 6) is 0. The topological polar surface area (TPSA) is 93.2 Å². The normalized spacial score (nSPS) is 14.7. The van der Waals surface area contributed by atoms with Crippen LogP contribution in [0.25, 0.3) is 16.6 Å². The monoisotopic (exact) mass is 449 g/mol. The highest BCUT2D eigenvalue weighted by Crippen LogP contribution is 2.28. The Morgan fingerprint density at radius 3 is 2.72 bits per heavy atom. The van der Waals surface area contributed by atoms with Crippen molar-refractivity contribution in [3.63, 3.8) is 0 Å². The van der Waals surface area contributed by atoms with E-state index in [1.165, 1.54) is 17.8 Å². The van der Waals surface area contributed by atoms with Crippen molar-refractivity contribution in [3.8, 4) is 5.69 Å². The Morgan fingerprint density at radius 2 is 1.91 bits per heavy atom. The molecular weight excluding hydrogens is 430 g/mol. The number of nitrogens with zero attached hydrogens (tertiary/aromatic N) is 7. The van der Waals surface area contributed by atoms with Crippen LogP contribution in [0.4, 0.5) is 11.4 Å². The molecule has 32 heavy (non-hydrogen) atoms. The lowest BCUT2D eigenvalue weighted by molar-refractivity contribution is -0.384. The number of halogens is 1. The third-order valence-electron chi connectivity index (χ3n) is 5.63. The van der Waals surface area contributed by atoms with Crippen LogP contribution in [0.3, 0.4) is 0 Å². The third-order valence-corrected chi connectivity index (χ3v) is 5.86. The molecular formula is C22H20ClN7O2. The maximum absolute atomic E-state index is 11.0. The Balaban J connectivity index is 1.25. The van der Waals surface area contributed by atoms with Gasteiger partial charge >= 0.3 is 0 Å². The number of rotatable bonds is 5. The fraction of sp³-hybridized carbons (Fsp3) is 0.227. The summed E-state index contributed by atoms with van der Waals surface area (Å²) >= 11 is 6.11. The molecule has 1 fully saturated rings. The van der Waals surface area contributed by atoms with E-state index in [4.69, 9.17) is 11.6 Å². The summed E-state index contributed by atoms with van der Waals surface area (Å²) in [6, 6.07) is 14.2. The Kier molecular flexibility index (Phi) is 5.42. The number of non-ortho nitro benzene ring substituents is 1. The minimum Gasteiger partial charge on any atom is -0.368 e. The minimum atomic E-state index is -0.415. The maximum Gasteiger partial charge on any atom is 0.271 e. The minimum absolute atomic E-state index is 0.0292. The van der Waals surface area contributed by atoms with Crippen molar-refractivity contribution in [2.75, 3.05) is 31.1 Å². The molecule has 0 amide bonds. The SMILES string of the molecule is O=[N+]([O-])c1cccc(-n2cc(CN3CCN(c4ccnc5cc(Cl)ccc45)CC3)nn2)c1. The summed E-state index contributed by atoms with van der Waals surface area (Å²) < 4.78 is 1.58. The smallest absolute Gasteiger partial charge is 0.271 e. The van der Waals surface area contributed by atoms with Gasteiger partial charge < -0.3 is 4.90 Å². The Hall–Kier alpha value is -3.56. The molecule has 1 saturated heterocycles. The molecule has 1 aliphatic heterocycles. The molecule has 0 aliphatic carbocycles. The van der Waals surface area contributed by atoms with Gasteiger partial charge in [-0.05, 0) is 30.3 Å². The van der Waals surface area contributed by atoms with Crippen molar-refractivity contribution in [3.05, 3.63) is 81.8 Å². The molecule has 10 heteroatoms. The second-order valence-corrected chi connectivity index (χ2v) is 8.12. The maximum atomic E-state index is 11.0. The first-order valence-corrected chi connectivity index (χ1v) is 10.6. The van der Waals surface area contributed by atoms with Crippen molar-refractivity contribution < 1.29 is 4.92 Å². The number of anilines is 1. The number of pyridine rings is 1. The van der Waals surface area contributed by atoms with Gasteiger partial charge in [0, 0.05) is 67.1 Å². The van der Waals surface area contributed by atoms with Gasteiger partial charge in [-0.3, -0.25) is 20.0 Å². The van der Waals surface area contributed by atoms with Gasteiger partial charge in [0.25, 0.3) is 5.69 Å². The van der Waals surface area contributed by atoms with Crippen LogP contribution >= 0.6 is 11.6 Å². The zero-order valence-corrected chi connectivity index (χ0v) is 17.9. The number of fused-ring (bicyclic) bond motifs is 1. The second kappa shape index (κ2) is 8.52. The van der Waals surface area contributed by atoms with E-state index in [2.05, 4.69) is 31.2 Å². The summed E-state index contributed by atoms with van der Waals surface area (Å²) in [6.07, 6.45) is 3.65. The quantitative estimate of drug-likeness (QED) is 0.338. The van der Waals surface area contributed by atoms with Crippen molar-refractivity contribution in [1.82, 2.24) is 24.9 Å². The number of benzene rings is 2. The molecule has 2 aromatic heterocycles. The number of hydrogen-bond acceptors (Lipinski definition) is 7. The van der Waals surface area contributed by atoms with E-state index >= 15 is 0 Å². The molecule has 9 nitrogen and oxygen atoms in total. The molecule has 0 atom stereocenters. The van der Waals surface area contributed by atoms with Gasteiger partial charge in [-0.15, -0.1) is 5.10 Å². The molecule has 4 aromatic rings. The number of piperazine rings is 1. The first kappa shape index (κ1) is 20.3. The third kappa shape index (κ3) is 4.12. The van der Waals surface area contributed by atoms with Gasteiger partial charge in [-0.1, -0.05) is 22.9 Å². The van der Waals surface area contributed by atoms with Crippen LogP contribution in [0.2, 0.25) is 5.02 Å². The molecule has 0 spiro atoms. The van der Waals surface area contributed by atoms with Gasteiger partial charge in [0.2, 0.25) is 0 Å². The van der Waals surface area contributed by atoms with E-state index in [1.54, 1.807) is 16.8 Å². The zero-order valence-electron chi connectivity index (χ0n) is 17.1. The highest BCUT2D eigenvalue weighted by Gasteiger charge is 2.20. The standard InChI is InChI=1S/C22H20ClN7O2/c23-16-4-5-20-21(12-16)24-7-6-22(20)28-10-8-27(9-11-28)14-17-15-29(26-25-17)18-2-1-3-19(13-18)30(31)32/h1-7,12-13,15H,8-11,14H2. The Bertz CT molecular complexity index is 1280. The van der Waals surface area contributed by atoms with Crippen molar-refractivity contribution in [2.24, 2.45) is 0 Å². The molecule has 0 unspecified atom stereocenters. The molecule has 2 aromatic carbocycles. The fourth-order valence-corrected chi connectivity index (χ4v) is 4.17. The van der Waals surface area contributed by atoms with Crippen LogP contribution in [-0.2, 0) is 6.54 Å². The van der Waals surface area contributed by atoms with Crippen LogP contribution in [0, 0.1) is 10.1 Å². The van der Waals surface area contributed by atoms with Crippen LogP contribution in [0.15, 0.2) is 60.9 Å². The van der Waals surface area contributed by atoms with E-state index in [-0.39, 0.29) is 5.69 Å². The average Bonchev–Trinajstić information content (AvgIpc) is 3.27. The zero-order chi connectivity index (χ0) is 22.1. The van der Waals surface area contributed by atoms with Gasteiger partial charge in [0.05, 0.1) is 28.0 Å². The van der Waals surface area contributed by atoms with Gasteiger partial charge in [-0.25, -0.2) is 4.68 Å². The predicted octanol–water partition coefficient (Wildman–Crippen LogP) is 3.70. The summed E-state index contributed by atoms with van der Waals surface area (Å²) in [4.78, 5) is 19.7. The molecule has 0 saturated carbocycles. The van der Waals surface area contributed by atoms with Crippen LogP contribution < -0.4 is 4.90 Å². The highest BCUT2D eigenvalue weighted by atomic mass is 35.5. The molecule has 0 radical (unpaired) electrons. The van der Waals surface area contributed by atoms with Crippen molar-refractivity contribution in [1.29, 1.82) is 0 Å². The molecule has 162 valence electrons. The largest absolute Gasteiger partial charge is 0.368 e. The van der Waals surface area contributed by atoms with Crippen molar-refractivity contribution in [2.45, 2.75) is 6.54 Å². The van der Waals surface area contributed by atoms with Gasteiger partial charge in [0.15, 0.2) is 0 Å². The summed E-state index contributed by atoms with van der Waals surface area (Å²) in [5.41, 5.74) is 3.54. The van der Waals surface area contributed by atoms with Gasteiger partial charge in [0.1, 0.15) is 0 Å². The van der Waals surface area contributed by atoms with E-state index in [1.807, 2.05) is 30.6 Å². The summed E-state index contributed by atoms with van der Waals surface area (Å²) in [7, 11) is 0. The van der Waals surface area contributed by atoms with E-state index in [9.17, 15) is 10.1 Å². The summed E-state index contributed by atoms with van der Waals surface area (Å²) in [6.45, 7) is 4.24. The highest BCUT2D eigenvalue weighted by molar-refractivity contribution is 6.31. The number of nitro benzene ring substituents is 1. The predicted molar refractivity (Wildman–Crippen MR) is 122 cm³/mol. The number of aromatic nitrogens is 4. The van der Waals surface area contributed by atoms with E-state index < -0.39 is 4.92 Å². The van der Waals surface area contributed by atoms with Crippen LogP contribution in [-0.4, -0.2) is 56.0 Å². The Labute approximate surface area is 189 Å². The molecule has 5 rings (SSSR count). The first-order valence-electron chi connectivity index (χ1n) is 10.2. The molecule has 1 aliphatic rings.